The summed E-state index contributed by atoms with van der Waals surface area (Å²) in [6, 6.07) is 11.3. The van der Waals surface area contributed by atoms with E-state index in [0.717, 1.165) is 5.56 Å². The summed E-state index contributed by atoms with van der Waals surface area (Å²) in [5, 5.41) is 0. The van der Waals surface area contributed by atoms with Crippen LogP contribution in [0.1, 0.15) is 15.9 Å². The molecule has 0 saturated carbocycles. The van der Waals surface area contributed by atoms with Gasteiger partial charge in [-0.2, -0.15) is 4.31 Å². The van der Waals surface area contributed by atoms with Gasteiger partial charge in [-0.1, -0.05) is 29.8 Å². The second kappa shape index (κ2) is 7.58. The molecule has 2 aromatic carbocycles. The van der Waals surface area contributed by atoms with Gasteiger partial charge in [-0.3, -0.25) is 9.36 Å². The SMILES string of the molecule is Cc1ccc(C(=O)Cn2c(=O)oc3cc(S(=O)(=O)N4CCOCC4)ccc32)cc1. The lowest BCUT2D eigenvalue weighted by Gasteiger charge is -2.25. The number of Topliss-reactive ketones (excluding diaryl/α,β-unsaturated/α-hetero) is 1. The summed E-state index contributed by atoms with van der Waals surface area (Å²) < 4.78 is 38.6. The number of aromatic nitrogens is 1. The first-order chi connectivity index (χ1) is 13.9. The van der Waals surface area contributed by atoms with Crippen LogP contribution in [0.2, 0.25) is 0 Å². The molecule has 0 N–H and O–H groups in total. The number of morpholine rings is 1. The number of nitrogens with zero attached hydrogens (tertiary/aromatic N) is 2. The Bertz CT molecular complexity index is 1220. The van der Waals surface area contributed by atoms with Crippen LogP contribution in [0.25, 0.3) is 11.1 Å². The van der Waals surface area contributed by atoms with E-state index in [-0.39, 0.29) is 35.9 Å². The molecule has 0 spiro atoms. The number of ketones is 1. The molecule has 4 rings (SSSR count). The average Bonchev–Trinajstić information content (AvgIpc) is 3.03. The molecule has 1 aliphatic heterocycles. The minimum Gasteiger partial charge on any atom is -0.408 e. The molecule has 8 nitrogen and oxygen atoms in total. The van der Waals surface area contributed by atoms with Gasteiger partial charge in [-0.25, -0.2) is 13.2 Å². The van der Waals surface area contributed by atoms with Crippen molar-refractivity contribution in [2.45, 2.75) is 18.4 Å². The van der Waals surface area contributed by atoms with Gasteiger partial charge >= 0.3 is 5.76 Å². The Labute approximate surface area is 167 Å². The van der Waals surface area contributed by atoms with E-state index in [1.807, 2.05) is 19.1 Å². The largest absolute Gasteiger partial charge is 0.420 e. The van der Waals surface area contributed by atoms with Crippen molar-refractivity contribution in [2.75, 3.05) is 26.3 Å². The third kappa shape index (κ3) is 3.76. The summed E-state index contributed by atoms with van der Waals surface area (Å²) in [6.07, 6.45) is 0. The summed E-state index contributed by atoms with van der Waals surface area (Å²) >= 11 is 0. The van der Waals surface area contributed by atoms with Crippen molar-refractivity contribution in [1.82, 2.24) is 8.87 Å². The molecule has 0 atom stereocenters. The van der Waals surface area contributed by atoms with Crippen LogP contribution < -0.4 is 5.76 Å². The Morgan fingerprint density at radius 2 is 1.76 bits per heavy atom. The second-order valence-electron chi connectivity index (χ2n) is 6.89. The Morgan fingerprint density at radius 1 is 1.07 bits per heavy atom. The van der Waals surface area contributed by atoms with E-state index in [2.05, 4.69) is 0 Å². The zero-order chi connectivity index (χ0) is 20.6. The van der Waals surface area contributed by atoms with E-state index in [4.69, 9.17) is 9.15 Å². The number of carbonyl (C=O) groups is 1. The Hall–Kier alpha value is -2.75. The monoisotopic (exact) mass is 416 g/mol. The van der Waals surface area contributed by atoms with Crippen molar-refractivity contribution >= 4 is 26.9 Å². The number of rotatable bonds is 5. The highest BCUT2D eigenvalue weighted by Gasteiger charge is 2.27. The molecule has 3 aromatic rings. The minimum absolute atomic E-state index is 0.0395. The van der Waals surface area contributed by atoms with Gasteiger partial charge in [0.25, 0.3) is 0 Å². The number of fused-ring (bicyclic) bond motifs is 1. The van der Waals surface area contributed by atoms with Crippen molar-refractivity contribution in [1.29, 1.82) is 0 Å². The summed E-state index contributed by atoms with van der Waals surface area (Å²) in [5.74, 6) is -0.943. The Kier molecular flexibility index (Phi) is 5.12. The van der Waals surface area contributed by atoms with E-state index in [0.29, 0.717) is 24.3 Å². The number of benzene rings is 2. The quantitative estimate of drug-likeness (QED) is 0.588. The maximum absolute atomic E-state index is 12.8. The molecule has 9 heteroatoms. The van der Waals surface area contributed by atoms with Crippen LogP contribution in [-0.2, 0) is 21.3 Å². The van der Waals surface area contributed by atoms with Gasteiger partial charge in [0.05, 0.1) is 30.2 Å². The highest BCUT2D eigenvalue weighted by Crippen LogP contribution is 2.22. The molecule has 1 aliphatic rings. The molecule has 0 aliphatic carbocycles. The number of carbonyl (C=O) groups excluding carboxylic acids is 1. The van der Waals surface area contributed by atoms with Gasteiger partial charge < -0.3 is 9.15 Å². The molecule has 152 valence electrons. The molecule has 1 saturated heterocycles. The Morgan fingerprint density at radius 3 is 2.45 bits per heavy atom. The molecule has 29 heavy (non-hydrogen) atoms. The molecule has 1 fully saturated rings. The van der Waals surface area contributed by atoms with E-state index in [1.165, 1.54) is 27.1 Å². The molecule has 1 aromatic heterocycles. The van der Waals surface area contributed by atoms with Crippen molar-refractivity contribution < 1.29 is 22.4 Å². The fourth-order valence-corrected chi connectivity index (χ4v) is 4.69. The van der Waals surface area contributed by atoms with Crippen LogP contribution in [0.3, 0.4) is 0 Å². The number of sulfonamides is 1. The fraction of sp³-hybridized carbons (Fsp3) is 0.300. The third-order valence-electron chi connectivity index (χ3n) is 4.92. The molecule has 0 bridgehead atoms. The summed E-state index contributed by atoms with van der Waals surface area (Å²) in [6.45, 7) is 2.96. The van der Waals surface area contributed by atoms with Crippen LogP contribution >= 0.6 is 0 Å². The van der Waals surface area contributed by atoms with Crippen LogP contribution in [0, 0.1) is 6.92 Å². The molecule has 0 amide bonds. The van der Waals surface area contributed by atoms with Crippen LogP contribution in [-0.4, -0.2) is 49.4 Å². The van der Waals surface area contributed by atoms with Crippen LogP contribution in [0.5, 0.6) is 0 Å². The zero-order valence-electron chi connectivity index (χ0n) is 15.8. The smallest absolute Gasteiger partial charge is 0.408 e. The lowest BCUT2D eigenvalue weighted by Crippen LogP contribution is -2.40. The van der Waals surface area contributed by atoms with Crippen molar-refractivity contribution in [3.05, 3.63) is 64.1 Å². The summed E-state index contributed by atoms with van der Waals surface area (Å²) in [7, 11) is -3.71. The van der Waals surface area contributed by atoms with E-state index < -0.39 is 15.8 Å². The first kappa shape index (κ1) is 19.6. The summed E-state index contributed by atoms with van der Waals surface area (Å²) in [4.78, 5) is 24.9. The lowest BCUT2D eigenvalue weighted by atomic mass is 10.1. The normalized spacial score (nSPS) is 15.6. The molecule has 0 radical (unpaired) electrons. The first-order valence-electron chi connectivity index (χ1n) is 9.17. The van der Waals surface area contributed by atoms with Crippen LogP contribution in [0.15, 0.2) is 56.6 Å². The topological polar surface area (TPSA) is 98.8 Å². The van der Waals surface area contributed by atoms with Gasteiger partial charge in [0.2, 0.25) is 10.0 Å². The van der Waals surface area contributed by atoms with Crippen molar-refractivity contribution in [3.63, 3.8) is 0 Å². The Balaban J connectivity index is 1.65. The van der Waals surface area contributed by atoms with Crippen LogP contribution in [0.4, 0.5) is 0 Å². The van der Waals surface area contributed by atoms with E-state index in [9.17, 15) is 18.0 Å². The van der Waals surface area contributed by atoms with Gasteiger partial charge in [-0.15, -0.1) is 0 Å². The maximum Gasteiger partial charge on any atom is 0.420 e. The van der Waals surface area contributed by atoms with E-state index in [1.54, 1.807) is 12.1 Å². The molecular formula is C20H20N2O6S. The number of hydrogen-bond donors (Lipinski definition) is 0. The highest BCUT2D eigenvalue weighted by atomic mass is 32.2. The summed E-state index contributed by atoms with van der Waals surface area (Å²) in [5.41, 5.74) is 2.02. The standard InChI is InChI=1S/C20H20N2O6S/c1-14-2-4-15(5-3-14)18(23)13-22-17-7-6-16(12-19(17)28-20(22)24)29(25,26)21-8-10-27-11-9-21/h2-7,12H,8-11,13H2,1H3. The van der Waals surface area contributed by atoms with Gasteiger partial charge in [0, 0.05) is 24.7 Å². The van der Waals surface area contributed by atoms with Gasteiger partial charge in [0.1, 0.15) is 0 Å². The maximum atomic E-state index is 12.8. The second-order valence-corrected chi connectivity index (χ2v) is 8.83. The average molecular weight is 416 g/mol. The number of aryl methyl sites for hydroxylation is 1. The predicted octanol–water partition coefficient (Wildman–Crippen LogP) is 1.81. The number of hydrogen-bond acceptors (Lipinski definition) is 6. The molecule has 0 unspecified atom stereocenters. The molecule has 2 heterocycles. The number of oxazole rings is 1. The lowest BCUT2D eigenvalue weighted by molar-refractivity contribution is 0.0730. The van der Waals surface area contributed by atoms with Crippen molar-refractivity contribution in [3.8, 4) is 0 Å². The van der Waals surface area contributed by atoms with Gasteiger partial charge in [-0.05, 0) is 19.1 Å². The first-order valence-corrected chi connectivity index (χ1v) is 10.6. The third-order valence-corrected chi connectivity index (χ3v) is 6.82. The van der Waals surface area contributed by atoms with Crippen molar-refractivity contribution in [2.24, 2.45) is 0 Å². The zero-order valence-corrected chi connectivity index (χ0v) is 16.6. The van der Waals surface area contributed by atoms with Gasteiger partial charge in [0.15, 0.2) is 11.4 Å². The minimum atomic E-state index is -3.71. The van der Waals surface area contributed by atoms with E-state index >= 15 is 0 Å². The molecular weight excluding hydrogens is 396 g/mol. The predicted molar refractivity (Wildman–Crippen MR) is 106 cm³/mol. The highest BCUT2D eigenvalue weighted by molar-refractivity contribution is 7.89. The number of ether oxygens (including phenoxy) is 1. The fourth-order valence-electron chi connectivity index (χ4n) is 3.27.